The predicted molar refractivity (Wildman–Crippen MR) is 283 cm³/mol. The van der Waals surface area contributed by atoms with E-state index in [1.54, 1.807) is 0 Å². The number of benzene rings is 4. The first-order valence-electron chi connectivity index (χ1n) is 25.8. The van der Waals surface area contributed by atoms with Crippen LogP contribution in [0.25, 0.3) is 32.2 Å². The molecule has 0 radical (unpaired) electrons. The first-order chi connectivity index (χ1) is 35.5. The van der Waals surface area contributed by atoms with Crippen molar-refractivity contribution in [3.05, 3.63) is 125 Å². The lowest BCUT2D eigenvalue weighted by molar-refractivity contribution is -0.134. The molecular formula is C57H59N9O6S. The average molecular weight is 998 g/mol. The van der Waals surface area contributed by atoms with E-state index < -0.39 is 11.9 Å². The fraction of sp³-hybridized carbons (Fsp3) is 0.386. The number of rotatable bonds is 12. The van der Waals surface area contributed by atoms with Crippen LogP contribution in [0.2, 0.25) is 0 Å². The molecule has 3 aliphatic heterocycles. The van der Waals surface area contributed by atoms with E-state index in [0.29, 0.717) is 60.3 Å². The van der Waals surface area contributed by atoms with Gasteiger partial charge in [-0.15, -0.1) is 0 Å². The Morgan fingerprint density at radius 3 is 2.45 bits per heavy atom. The van der Waals surface area contributed by atoms with Crippen molar-refractivity contribution in [3.63, 3.8) is 0 Å². The van der Waals surface area contributed by atoms with Gasteiger partial charge in [-0.25, -0.2) is 14.8 Å². The number of nitrogens with one attached hydrogen (secondary N) is 2. The van der Waals surface area contributed by atoms with E-state index in [0.717, 1.165) is 131 Å². The summed E-state index contributed by atoms with van der Waals surface area (Å²) >= 11 is 1.44. The zero-order valence-corrected chi connectivity index (χ0v) is 42.0. The van der Waals surface area contributed by atoms with Crippen LogP contribution in [0.3, 0.4) is 0 Å². The Kier molecular flexibility index (Phi) is 12.4. The lowest BCUT2D eigenvalue weighted by atomic mass is 9.83. The highest BCUT2D eigenvalue weighted by Crippen LogP contribution is 2.50. The Labute approximate surface area is 427 Å². The predicted octanol–water partition coefficient (Wildman–Crippen LogP) is 8.98. The van der Waals surface area contributed by atoms with Crippen LogP contribution < -0.4 is 25.2 Å². The molecule has 12 rings (SSSR count). The molecular weight excluding hydrogens is 939 g/mol. The van der Waals surface area contributed by atoms with Crippen molar-refractivity contribution in [1.29, 1.82) is 0 Å². The van der Waals surface area contributed by atoms with Crippen LogP contribution in [0, 0.1) is 24.7 Å². The van der Waals surface area contributed by atoms with Crippen LogP contribution in [0.15, 0.2) is 91.0 Å². The Hall–Kier alpha value is -7.17. The van der Waals surface area contributed by atoms with Crippen molar-refractivity contribution < 1.29 is 29.0 Å². The zero-order chi connectivity index (χ0) is 49.9. The molecule has 15 nitrogen and oxygen atoms in total. The molecule has 4 aromatic carbocycles. The number of carbonyl (C=O) groups is 4. The Morgan fingerprint density at radius 2 is 1.64 bits per heavy atom. The van der Waals surface area contributed by atoms with Crippen molar-refractivity contribution in [2.24, 2.45) is 24.8 Å². The van der Waals surface area contributed by atoms with E-state index in [-0.39, 0.29) is 29.5 Å². The van der Waals surface area contributed by atoms with Gasteiger partial charge in [0.15, 0.2) is 10.8 Å². The average Bonchev–Trinajstić information content (AvgIpc) is 3.91. The molecule has 3 amide bonds. The summed E-state index contributed by atoms with van der Waals surface area (Å²) < 4.78 is 9.65. The molecule has 0 spiro atoms. The van der Waals surface area contributed by atoms with Gasteiger partial charge in [-0.1, -0.05) is 59.9 Å². The summed E-state index contributed by atoms with van der Waals surface area (Å²) in [5.74, 6) is 1.32. The third kappa shape index (κ3) is 9.20. The molecule has 0 bridgehead atoms. The van der Waals surface area contributed by atoms with E-state index in [9.17, 15) is 24.3 Å². The number of fused-ring (bicyclic) bond motifs is 3. The fourth-order valence-corrected chi connectivity index (χ4v) is 13.2. The Bertz CT molecular complexity index is 3280. The Balaban J connectivity index is 0.646. The SMILES string of the molecule is Cc1c(OC2CCC([C@@H]3C[C@@H]3CN3CCN(c4cccc5c(C6CCC(=O)NC6=O)nn(C)c45)CC3)CC2)cccc1-c1ccc(N2CCc3cccc(C(=O)Nc4nc5ccccc5s4)c3C2)nc1C(=O)O. The number of hydrogen-bond donors (Lipinski definition) is 3. The van der Waals surface area contributed by atoms with Crippen molar-refractivity contribution in [1.82, 2.24) is 30.0 Å². The maximum atomic E-state index is 13.7. The van der Waals surface area contributed by atoms with Gasteiger partial charge in [0.2, 0.25) is 11.8 Å². The number of imide groups is 1. The minimum Gasteiger partial charge on any atom is -0.490 e. The summed E-state index contributed by atoms with van der Waals surface area (Å²) in [5, 5.41) is 22.4. The number of nitrogens with zero attached hydrogens (tertiary/aromatic N) is 7. The molecule has 2 aliphatic carbocycles. The van der Waals surface area contributed by atoms with Gasteiger partial charge in [0, 0.05) is 75.8 Å². The molecule has 3 N–H and O–H groups in total. The van der Waals surface area contributed by atoms with Crippen LogP contribution in [-0.2, 0) is 29.6 Å². The topological polar surface area (TPSA) is 175 Å². The summed E-state index contributed by atoms with van der Waals surface area (Å²) in [7, 11) is 1.95. The van der Waals surface area contributed by atoms with Crippen LogP contribution in [0.4, 0.5) is 16.6 Å². The molecule has 3 aromatic heterocycles. The molecule has 73 heavy (non-hydrogen) atoms. The van der Waals surface area contributed by atoms with E-state index in [2.05, 4.69) is 48.5 Å². The summed E-state index contributed by atoms with van der Waals surface area (Å²) in [4.78, 5) is 67.7. The number of carboxylic acid groups (broad SMARTS) is 1. The number of aromatic carboxylic acids is 1. The monoisotopic (exact) mass is 997 g/mol. The number of amides is 3. The molecule has 1 unspecified atom stereocenters. The highest BCUT2D eigenvalue weighted by atomic mass is 32.1. The zero-order valence-electron chi connectivity index (χ0n) is 41.2. The lowest BCUT2D eigenvalue weighted by Gasteiger charge is -2.37. The number of anilines is 3. The summed E-state index contributed by atoms with van der Waals surface area (Å²) in [6.07, 6.45) is 7.21. The van der Waals surface area contributed by atoms with Gasteiger partial charge in [-0.3, -0.25) is 34.6 Å². The molecule has 6 heterocycles. The number of ether oxygens (including phenoxy) is 1. The number of para-hydroxylation sites is 2. The van der Waals surface area contributed by atoms with Crippen molar-refractivity contribution in [3.8, 4) is 16.9 Å². The maximum Gasteiger partial charge on any atom is 0.355 e. The van der Waals surface area contributed by atoms with Crippen LogP contribution in [0.5, 0.6) is 5.75 Å². The quantitative estimate of drug-likeness (QED) is 0.0993. The largest absolute Gasteiger partial charge is 0.490 e. The number of carboxylic acids is 1. The minimum absolute atomic E-state index is 0.0174. The van der Waals surface area contributed by atoms with Gasteiger partial charge < -0.3 is 19.6 Å². The van der Waals surface area contributed by atoms with E-state index in [1.165, 1.54) is 17.8 Å². The first kappa shape index (κ1) is 46.9. The second-order valence-corrected chi connectivity index (χ2v) is 21.7. The number of aryl methyl sites for hydroxylation is 1. The number of hydrogen-bond acceptors (Lipinski definition) is 12. The van der Waals surface area contributed by atoms with Gasteiger partial charge >= 0.3 is 5.97 Å². The number of piperidine rings is 1. The number of aromatic nitrogens is 4. The normalized spacial score (nSPS) is 22.3. The molecule has 2 saturated carbocycles. The van der Waals surface area contributed by atoms with Crippen LogP contribution in [-0.4, -0.2) is 98.8 Å². The third-order valence-electron chi connectivity index (χ3n) is 16.3. The van der Waals surface area contributed by atoms with Crippen molar-refractivity contribution >= 4 is 72.8 Å². The van der Waals surface area contributed by atoms with Gasteiger partial charge in [0.25, 0.3) is 5.91 Å². The van der Waals surface area contributed by atoms with Gasteiger partial charge in [-0.05, 0) is 134 Å². The first-order valence-corrected chi connectivity index (χ1v) is 26.6. The summed E-state index contributed by atoms with van der Waals surface area (Å²) in [6, 6.07) is 29.5. The molecule has 2 saturated heterocycles. The molecule has 3 atom stereocenters. The number of pyridine rings is 1. The minimum atomic E-state index is -1.10. The Morgan fingerprint density at radius 1 is 0.836 bits per heavy atom. The molecule has 4 fully saturated rings. The fourth-order valence-electron chi connectivity index (χ4n) is 12.3. The van der Waals surface area contributed by atoms with E-state index in [1.807, 2.05) is 91.4 Å². The van der Waals surface area contributed by atoms with Gasteiger partial charge in [-0.2, -0.15) is 5.10 Å². The second-order valence-electron chi connectivity index (χ2n) is 20.6. The highest BCUT2D eigenvalue weighted by Gasteiger charge is 2.45. The van der Waals surface area contributed by atoms with Crippen LogP contribution in [0.1, 0.15) is 94.1 Å². The molecule has 16 heteroatoms. The highest BCUT2D eigenvalue weighted by molar-refractivity contribution is 7.22. The summed E-state index contributed by atoms with van der Waals surface area (Å²) in [5.41, 5.74) is 8.55. The van der Waals surface area contributed by atoms with Gasteiger partial charge in [0.1, 0.15) is 11.6 Å². The standard InChI is InChI=1S/C57H59N9O6S/c1-33-38(39-20-22-49(59-52(39)56(70)71)66-25-24-34-8-5-10-40(44(34)32-66)54(68)61-57-58-45-12-3-4-15-48(45)73-57)9-7-14-47(33)72-37-18-16-35(17-19-37)43-30-36(43)31-64-26-28-65(29-27-64)46-13-6-11-41-51(62-63(2)53(41)46)42-21-23-50(67)60-55(42)69/h3-15,20,22,35-37,42-43H,16-19,21,23-32H2,1-2H3,(H,70,71)(H,58,61,68)(H,60,67,69)/t35?,36-,37?,42?,43+/m1/s1. The maximum absolute atomic E-state index is 13.7. The summed E-state index contributed by atoms with van der Waals surface area (Å²) in [6.45, 7) is 8.08. The third-order valence-corrected chi connectivity index (χ3v) is 17.2. The van der Waals surface area contributed by atoms with Crippen molar-refractivity contribution in [2.45, 2.75) is 76.9 Å². The molecule has 5 aliphatic rings. The second kappa shape index (κ2) is 19.4. The number of thiazole rings is 1. The van der Waals surface area contributed by atoms with Crippen LogP contribution >= 0.6 is 11.3 Å². The number of piperazine rings is 1. The van der Waals surface area contributed by atoms with Crippen molar-refractivity contribution in [2.75, 3.05) is 54.4 Å². The lowest BCUT2D eigenvalue weighted by Crippen LogP contribution is -2.47. The molecule has 7 aromatic rings. The van der Waals surface area contributed by atoms with E-state index in [4.69, 9.17) is 14.8 Å². The van der Waals surface area contributed by atoms with E-state index >= 15 is 0 Å². The van der Waals surface area contributed by atoms with Gasteiger partial charge in [0.05, 0.1) is 39.1 Å². The number of carbonyl (C=O) groups excluding carboxylic acids is 3. The smallest absolute Gasteiger partial charge is 0.355 e. The molecule has 374 valence electrons.